The van der Waals surface area contributed by atoms with Crippen molar-refractivity contribution in [1.29, 1.82) is 0 Å². The van der Waals surface area contributed by atoms with Gasteiger partial charge >= 0.3 is 0 Å². The van der Waals surface area contributed by atoms with Gasteiger partial charge in [0.1, 0.15) is 5.75 Å². The van der Waals surface area contributed by atoms with Crippen molar-refractivity contribution >= 4 is 0 Å². The van der Waals surface area contributed by atoms with Gasteiger partial charge in [0, 0.05) is 30.7 Å². The lowest BCUT2D eigenvalue weighted by molar-refractivity contribution is 0.0323. The minimum Gasteiger partial charge on any atom is -0.497 e. The van der Waals surface area contributed by atoms with Crippen molar-refractivity contribution in [3.63, 3.8) is 0 Å². The molecule has 1 aromatic carbocycles. The molecule has 3 heteroatoms. The number of nitrogens with one attached hydrogen (secondary N) is 1. The van der Waals surface area contributed by atoms with E-state index in [0.717, 1.165) is 31.8 Å². The Kier molecular flexibility index (Phi) is 4.95. The topological polar surface area (TPSA) is 24.5 Å². The number of methoxy groups -OCH3 is 1. The predicted molar refractivity (Wildman–Crippen MR) is 89.0 cm³/mol. The number of ether oxygens (including phenoxy) is 1. The summed E-state index contributed by atoms with van der Waals surface area (Å²) in [6, 6.07) is 8.45. The molecule has 0 aromatic heterocycles. The molecule has 1 unspecified atom stereocenters. The largest absolute Gasteiger partial charge is 0.497 e. The molecular weight excluding hydrogens is 260 g/mol. The molecule has 1 aliphatic rings. The second-order valence-electron chi connectivity index (χ2n) is 7.10. The smallest absolute Gasteiger partial charge is 0.118 e. The van der Waals surface area contributed by atoms with Crippen molar-refractivity contribution in [2.45, 2.75) is 51.6 Å². The summed E-state index contributed by atoms with van der Waals surface area (Å²) >= 11 is 0. The molecule has 1 N–H and O–H groups in total. The number of rotatable bonds is 5. The highest BCUT2D eigenvalue weighted by Crippen LogP contribution is 2.26. The van der Waals surface area contributed by atoms with Gasteiger partial charge in [-0.15, -0.1) is 0 Å². The number of benzene rings is 1. The van der Waals surface area contributed by atoms with Gasteiger partial charge < -0.3 is 10.1 Å². The van der Waals surface area contributed by atoms with Crippen LogP contribution in [0.3, 0.4) is 0 Å². The zero-order valence-electron chi connectivity index (χ0n) is 14.2. The number of hydrogen-bond acceptors (Lipinski definition) is 3. The van der Waals surface area contributed by atoms with E-state index < -0.39 is 0 Å². The van der Waals surface area contributed by atoms with Crippen LogP contribution in [0.2, 0.25) is 0 Å². The molecule has 0 aliphatic carbocycles. The lowest BCUT2D eigenvalue weighted by Crippen LogP contribution is -2.67. The zero-order valence-corrected chi connectivity index (χ0v) is 14.2. The normalized spacial score (nSPS) is 25.8. The highest BCUT2D eigenvalue weighted by Gasteiger charge is 2.38. The second-order valence-corrected chi connectivity index (χ2v) is 7.10. The SMILES string of the molecule is CCC1(C)CN(CCc2ccc(OC)cc2)C(C)(C)CN1. The van der Waals surface area contributed by atoms with Crippen LogP contribution in [0.4, 0.5) is 0 Å². The molecule has 0 saturated carbocycles. The first-order valence-electron chi connectivity index (χ1n) is 8.01. The monoisotopic (exact) mass is 290 g/mol. The number of nitrogens with zero attached hydrogens (tertiary/aromatic N) is 1. The predicted octanol–water partition coefficient (Wildman–Crippen LogP) is 3.09. The van der Waals surface area contributed by atoms with E-state index in [1.807, 2.05) is 12.1 Å². The highest BCUT2D eigenvalue weighted by atomic mass is 16.5. The van der Waals surface area contributed by atoms with Crippen LogP contribution < -0.4 is 10.1 Å². The van der Waals surface area contributed by atoms with Gasteiger partial charge in [-0.05, 0) is 51.3 Å². The molecule has 1 saturated heterocycles. The molecule has 3 nitrogen and oxygen atoms in total. The first-order chi connectivity index (χ1) is 9.88. The maximum absolute atomic E-state index is 5.22. The maximum atomic E-state index is 5.22. The van der Waals surface area contributed by atoms with Crippen molar-refractivity contribution in [2.24, 2.45) is 0 Å². The van der Waals surface area contributed by atoms with Crippen molar-refractivity contribution in [3.05, 3.63) is 29.8 Å². The average molecular weight is 290 g/mol. The molecule has 1 aromatic rings. The van der Waals surface area contributed by atoms with Crippen LogP contribution in [-0.2, 0) is 6.42 Å². The Bertz CT molecular complexity index is 455. The molecule has 1 fully saturated rings. The molecule has 21 heavy (non-hydrogen) atoms. The summed E-state index contributed by atoms with van der Waals surface area (Å²) in [5.74, 6) is 0.930. The van der Waals surface area contributed by atoms with Crippen LogP contribution >= 0.6 is 0 Å². The Balaban J connectivity index is 1.98. The number of piperazine rings is 1. The Hall–Kier alpha value is -1.06. The summed E-state index contributed by atoms with van der Waals surface area (Å²) in [6.45, 7) is 12.6. The second kappa shape index (κ2) is 6.37. The van der Waals surface area contributed by atoms with Crippen molar-refractivity contribution in [2.75, 3.05) is 26.7 Å². The minimum atomic E-state index is 0.223. The third-order valence-corrected chi connectivity index (χ3v) is 4.95. The third-order valence-electron chi connectivity index (χ3n) is 4.95. The Morgan fingerprint density at radius 2 is 1.86 bits per heavy atom. The van der Waals surface area contributed by atoms with Gasteiger partial charge in [0.15, 0.2) is 0 Å². The first-order valence-corrected chi connectivity index (χ1v) is 8.01. The molecule has 1 atom stereocenters. The third kappa shape index (κ3) is 3.98. The molecule has 1 heterocycles. The fourth-order valence-corrected chi connectivity index (χ4v) is 2.91. The van der Waals surface area contributed by atoms with Crippen molar-refractivity contribution in [3.8, 4) is 5.75 Å². The van der Waals surface area contributed by atoms with Crippen LogP contribution in [0.25, 0.3) is 0 Å². The minimum absolute atomic E-state index is 0.223. The molecule has 0 bridgehead atoms. The quantitative estimate of drug-likeness (QED) is 0.902. The van der Waals surface area contributed by atoms with Gasteiger partial charge in [-0.25, -0.2) is 0 Å². The van der Waals surface area contributed by atoms with E-state index in [4.69, 9.17) is 4.74 Å². The van der Waals surface area contributed by atoms with E-state index >= 15 is 0 Å². The fraction of sp³-hybridized carbons (Fsp3) is 0.667. The van der Waals surface area contributed by atoms with E-state index in [1.165, 1.54) is 12.0 Å². The Labute approximate surface area is 129 Å². The Morgan fingerprint density at radius 3 is 2.43 bits per heavy atom. The summed E-state index contributed by atoms with van der Waals surface area (Å²) in [4.78, 5) is 2.64. The van der Waals surface area contributed by atoms with Crippen molar-refractivity contribution in [1.82, 2.24) is 10.2 Å². The van der Waals surface area contributed by atoms with Crippen LogP contribution in [0.1, 0.15) is 39.7 Å². The molecule has 0 spiro atoms. The van der Waals surface area contributed by atoms with E-state index in [0.29, 0.717) is 0 Å². The Morgan fingerprint density at radius 1 is 1.19 bits per heavy atom. The molecule has 1 aliphatic heterocycles. The van der Waals surface area contributed by atoms with Crippen LogP contribution in [-0.4, -0.2) is 42.7 Å². The van der Waals surface area contributed by atoms with E-state index in [9.17, 15) is 0 Å². The summed E-state index contributed by atoms with van der Waals surface area (Å²) < 4.78 is 5.22. The van der Waals surface area contributed by atoms with E-state index in [-0.39, 0.29) is 11.1 Å². The highest BCUT2D eigenvalue weighted by molar-refractivity contribution is 5.27. The lowest BCUT2D eigenvalue weighted by Gasteiger charge is -2.51. The zero-order chi connectivity index (χ0) is 15.5. The summed E-state index contributed by atoms with van der Waals surface area (Å²) in [7, 11) is 1.71. The summed E-state index contributed by atoms with van der Waals surface area (Å²) in [5.41, 5.74) is 1.85. The molecule has 118 valence electrons. The standard InChI is InChI=1S/C18H30N2O/c1-6-18(4)14-20(17(2,3)13-19-18)12-11-15-7-9-16(21-5)10-8-15/h7-10,19H,6,11-14H2,1-5H3. The molecular formula is C18H30N2O. The lowest BCUT2D eigenvalue weighted by atomic mass is 9.88. The summed E-state index contributed by atoms with van der Waals surface area (Å²) in [5, 5.41) is 3.72. The first kappa shape index (κ1) is 16.3. The molecule has 2 rings (SSSR count). The van der Waals surface area contributed by atoms with Crippen LogP contribution in [0.5, 0.6) is 5.75 Å². The van der Waals surface area contributed by atoms with Crippen molar-refractivity contribution < 1.29 is 4.74 Å². The molecule has 0 radical (unpaired) electrons. The number of hydrogen-bond donors (Lipinski definition) is 1. The van der Waals surface area contributed by atoms with Gasteiger partial charge in [-0.3, -0.25) is 4.90 Å². The average Bonchev–Trinajstić information content (AvgIpc) is 2.49. The van der Waals surface area contributed by atoms with Gasteiger partial charge in [-0.1, -0.05) is 19.1 Å². The fourth-order valence-electron chi connectivity index (χ4n) is 2.91. The summed E-state index contributed by atoms with van der Waals surface area (Å²) in [6.07, 6.45) is 2.26. The molecule has 0 amide bonds. The van der Waals surface area contributed by atoms with E-state index in [1.54, 1.807) is 7.11 Å². The maximum Gasteiger partial charge on any atom is 0.118 e. The van der Waals surface area contributed by atoms with Gasteiger partial charge in [0.05, 0.1) is 7.11 Å². The van der Waals surface area contributed by atoms with Crippen LogP contribution in [0, 0.1) is 0 Å². The van der Waals surface area contributed by atoms with Gasteiger partial charge in [0.2, 0.25) is 0 Å². The van der Waals surface area contributed by atoms with E-state index in [2.05, 4.69) is 50.0 Å². The van der Waals surface area contributed by atoms with Gasteiger partial charge in [0.25, 0.3) is 0 Å². The van der Waals surface area contributed by atoms with Crippen LogP contribution in [0.15, 0.2) is 24.3 Å². The van der Waals surface area contributed by atoms with Gasteiger partial charge in [-0.2, -0.15) is 0 Å².